The molecule has 3 aliphatic rings. The molecule has 0 saturated carbocycles. The second-order valence-electron chi connectivity index (χ2n) is 9.57. The van der Waals surface area contributed by atoms with Gasteiger partial charge >= 0.3 is 0 Å². The molecule has 3 aliphatic heterocycles. The maximum atomic E-state index is 13.2. The van der Waals surface area contributed by atoms with Crippen molar-refractivity contribution in [3.63, 3.8) is 0 Å². The van der Waals surface area contributed by atoms with Crippen molar-refractivity contribution < 1.29 is 22.7 Å². The fraction of sp³-hybridized carbons (Fsp3) is 0.500. The van der Waals surface area contributed by atoms with E-state index in [0.29, 0.717) is 50.6 Å². The molecule has 2 fully saturated rings. The Labute approximate surface area is 207 Å². The maximum Gasteiger partial charge on any atom is 0.243 e. The van der Waals surface area contributed by atoms with E-state index in [9.17, 15) is 13.2 Å². The molecule has 0 radical (unpaired) electrons. The predicted octanol–water partition coefficient (Wildman–Crippen LogP) is 2.51. The van der Waals surface area contributed by atoms with Crippen LogP contribution in [-0.4, -0.2) is 80.9 Å². The monoisotopic (exact) mass is 499 g/mol. The highest BCUT2D eigenvalue weighted by molar-refractivity contribution is 7.89. The molecule has 0 aromatic heterocycles. The van der Waals surface area contributed by atoms with Gasteiger partial charge in [-0.1, -0.05) is 29.8 Å². The molecule has 2 aromatic carbocycles. The molecule has 5 rings (SSSR count). The lowest BCUT2D eigenvalue weighted by Gasteiger charge is -2.38. The summed E-state index contributed by atoms with van der Waals surface area (Å²) >= 11 is 0. The highest BCUT2D eigenvalue weighted by Gasteiger charge is 2.35. The second kappa shape index (κ2) is 10.2. The van der Waals surface area contributed by atoms with Crippen LogP contribution < -0.4 is 9.47 Å². The van der Waals surface area contributed by atoms with Crippen molar-refractivity contribution in [1.29, 1.82) is 0 Å². The van der Waals surface area contributed by atoms with Crippen LogP contribution in [0, 0.1) is 12.8 Å². The Morgan fingerprint density at radius 3 is 2.34 bits per heavy atom. The fourth-order valence-corrected chi connectivity index (χ4v) is 6.62. The summed E-state index contributed by atoms with van der Waals surface area (Å²) in [4.78, 5) is 17.7. The van der Waals surface area contributed by atoms with Gasteiger partial charge in [-0.2, -0.15) is 4.31 Å². The maximum absolute atomic E-state index is 13.2. The number of ether oxygens (including phenoxy) is 2. The number of piperidine rings is 1. The molecule has 35 heavy (non-hydrogen) atoms. The van der Waals surface area contributed by atoms with Gasteiger partial charge in [-0.05, 0) is 37.5 Å². The van der Waals surface area contributed by atoms with E-state index in [2.05, 4.69) is 36.1 Å². The van der Waals surface area contributed by atoms with Crippen LogP contribution in [0.2, 0.25) is 0 Å². The van der Waals surface area contributed by atoms with Crippen LogP contribution in [0.25, 0.3) is 0 Å². The Balaban J connectivity index is 1.13. The number of amides is 1. The molecule has 0 unspecified atom stereocenters. The topological polar surface area (TPSA) is 79.4 Å². The van der Waals surface area contributed by atoms with Crippen molar-refractivity contribution in [2.24, 2.45) is 5.92 Å². The molecule has 9 heteroatoms. The largest absolute Gasteiger partial charge is 0.486 e. The number of nitrogens with zero attached hydrogens (tertiary/aromatic N) is 3. The lowest BCUT2D eigenvalue weighted by Crippen LogP contribution is -2.51. The first kappa shape index (κ1) is 24.1. The molecule has 0 spiro atoms. The van der Waals surface area contributed by atoms with E-state index >= 15 is 0 Å². The van der Waals surface area contributed by atoms with Crippen molar-refractivity contribution in [2.45, 2.75) is 31.2 Å². The quantitative estimate of drug-likeness (QED) is 0.629. The average molecular weight is 500 g/mol. The Morgan fingerprint density at radius 2 is 1.63 bits per heavy atom. The van der Waals surface area contributed by atoms with E-state index in [1.54, 1.807) is 12.1 Å². The molecular weight excluding hydrogens is 466 g/mol. The molecule has 2 saturated heterocycles. The van der Waals surface area contributed by atoms with Crippen molar-refractivity contribution in [2.75, 3.05) is 52.5 Å². The Morgan fingerprint density at radius 1 is 0.914 bits per heavy atom. The van der Waals surface area contributed by atoms with Gasteiger partial charge in [0.25, 0.3) is 0 Å². The van der Waals surface area contributed by atoms with E-state index in [0.717, 1.165) is 32.7 Å². The summed E-state index contributed by atoms with van der Waals surface area (Å²) < 4.78 is 38.9. The molecule has 0 N–H and O–H groups in total. The lowest BCUT2D eigenvalue weighted by atomic mass is 9.96. The third-order valence-corrected chi connectivity index (χ3v) is 9.02. The first-order chi connectivity index (χ1) is 16.9. The summed E-state index contributed by atoms with van der Waals surface area (Å²) in [6.07, 6.45) is 1.10. The van der Waals surface area contributed by atoms with Crippen LogP contribution in [0.15, 0.2) is 47.4 Å². The summed E-state index contributed by atoms with van der Waals surface area (Å²) in [7, 11) is -3.64. The predicted molar refractivity (Wildman–Crippen MR) is 132 cm³/mol. The minimum absolute atomic E-state index is 0.120. The Bertz CT molecular complexity index is 1170. The SMILES string of the molecule is Cc1cccc(CN2CCN(C(=O)C3CCN(S(=O)(=O)c4ccc5c(c4)OCCO5)CC3)CC2)c1. The number of aryl methyl sites for hydroxylation is 1. The van der Waals surface area contributed by atoms with Crippen LogP contribution in [0.5, 0.6) is 11.5 Å². The first-order valence-electron chi connectivity index (χ1n) is 12.4. The number of sulfonamides is 1. The number of hydrogen-bond acceptors (Lipinski definition) is 6. The van der Waals surface area contributed by atoms with Gasteiger partial charge in [-0.3, -0.25) is 9.69 Å². The molecule has 2 aromatic rings. The fourth-order valence-electron chi connectivity index (χ4n) is 5.13. The average Bonchev–Trinajstić information content (AvgIpc) is 2.88. The summed E-state index contributed by atoms with van der Waals surface area (Å²) in [5, 5.41) is 0. The first-order valence-corrected chi connectivity index (χ1v) is 13.8. The van der Waals surface area contributed by atoms with Gasteiger partial charge in [-0.15, -0.1) is 0 Å². The van der Waals surface area contributed by atoms with Gasteiger partial charge in [0.2, 0.25) is 15.9 Å². The van der Waals surface area contributed by atoms with Gasteiger partial charge < -0.3 is 14.4 Å². The Kier molecular flexibility index (Phi) is 7.00. The van der Waals surface area contributed by atoms with E-state index in [1.165, 1.54) is 21.5 Å². The number of fused-ring (bicyclic) bond motifs is 1. The van der Waals surface area contributed by atoms with Crippen LogP contribution in [0.1, 0.15) is 24.0 Å². The van der Waals surface area contributed by atoms with E-state index in [4.69, 9.17) is 9.47 Å². The van der Waals surface area contributed by atoms with E-state index in [-0.39, 0.29) is 16.7 Å². The number of benzene rings is 2. The normalized spacial score (nSPS) is 20.1. The minimum atomic E-state index is -3.64. The highest BCUT2D eigenvalue weighted by Crippen LogP contribution is 2.34. The van der Waals surface area contributed by atoms with Crippen LogP contribution in [-0.2, 0) is 21.4 Å². The van der Waals surface area contributed by atoms with Crippen LogP contribution >= 0.6 is 0 Å². The summed E-state index contributed by atoms with van der Waals surface area (Å²) in [5.41, 5.74) is 2.56. The third kappa shape index (κ3) is 5.32. The van der Waals surface area contributed by atoms with Crippen molar-refractivity contribution in [3.8, 4) is 11.5 Å². The van der Waals surface area contributed by atoms with Crippen LogP contribution in [0.3, 0.4) is 0 Å². The summed E-state index contributed by atoms with van der Waals surface area (Å²) in [5.74, 6) is 1.07. The smallest absolute Gasteiger partial charge is 0.243 e. The van der Waals surface area contributed by atoms with Crippen LogP contribution in [0.4, 0.5) is 0 Å². The number of hydrogen-bond donors (Lipinski definition) is 0. The van der Waals surface area contributed by atoms with Crippen molar-refractivity contribution in [3.05, 3.63) is 53.6 Å². The van der Waals surface area contributed by atoms with Gasteiger partial charge in [0.15, 0.2) is 11.5 Å². The van der Waals surface area contributed by atoms with Crippen molar-refractivity contribution >= 4 is 15.9 Å². The van der Waals surface area contributed by atoms with E-state index in [1.807, 2.05) is 4.90 Å². The second-order valence-corrected chi connectivity index (χ2v) is 11.5. The van der Waals surface area contributed by atoms with Crippen molar-refractivity contribution in [1.82, 2.24) is 14.1 Å². The molecule has 0 atom stereocenters. The summed E-state index contributed by atoms with van der Waals surface area (Å²) in [6.45, 7) is 7.73. The van der Waals surface area contributed by atoms with Gasteiger partial charge in [0.05, 0.1) is 4.90 Å². The van der Waals surface area contributed by atoms with Gasteiger partial charge in [0, 0.05) is 57.8 Å². The third-order valence-electron chi connectivity index (χ3n) is 7.13. The summed E-state index contributed by atoms with van der Waals surface area (Å²) in [6, 6.07) is 13.3. The zero-order valence-corrected chi connectivity index (χ0v) is 21.0. The van der Waals surface area contributed by atoms with Gasteiger partial charge in [-0.25, -0.2) is 8.42 Å². The molecule has 3 heterocycles. The minimum Gasteiger partial charge on any atom is -0.486 e. The molecule has 1 amide bonds. The highest BCUT2D eigenvalue weighted by atomic mass is 32.2. The number of rotatable bonds is 5. The number of carbonyl (C=O) groups excluding carboxylic acids is 1. The zero-order valence-electron chi connectivity index (χ0n) is 20.2. The lowest BCUT2D eigenvalue weighted by molar-refractivity contribution is -0.138. The molecule has 188 valence electrons. The molecule has 0 bridgehead atoms. The van der Waals surface area contributed by atoms with E-state index < -0.39 is 10.0 Å². The Hall–Kier alpha value is -2.62. The standard InChI is InChI=1S/C26H33N3O5S/c1-20-3-2-4-21(17-20)19-27-11-13-28(14-12-27)26(30)22-7-9-29(10-8-22)35(31,32)23-5-6-24-25(18-23)34-16-15-33-24/h2-6,17-18,22H,7-16,19H2,1H3. The van der Waals surface area contributed by atoms with Gasteiger partial charge in [0.1, 0.15) is 13.2 Å². The molecular formula is C26H33N3O5S. The molecule has 8 nitrogen and oxygen atoms in total. The molecule has 0 aliphatic carbocycles. The number of piperazine rings is 1. The number of carbonyl (C=O) groups is 1. The zero-order chi connectivity index (χ0) is 24.4.